The van der Waals surface area contributed by atoms with Gasteiger partial charge in [-0.1, -0.05) is 12.1 Å². The first kappa shape index (κ1) is 17.3. The topological polar surface area (TPSA) is 70.2 Å². The Morgan fingerprint density at radius 3 is 2.80 bits per heavy atom. The number of anilines is 2. The van der Waals surface area contributed by atoms with Gasteiger partial charge in [-0.3, -0.25) is 10.1 Å². The average Bonchev–Trinajstić information content (AvgIpc) is 2.64. The van der Waals surface area contributed by atoms with Crippen molar-refractivity contribution in [1.82, 2.24) is 15.3 Å². The van der Waals surface area contributed by atoms with Gasteiger partial charge in [-0.05, 0) is 38.1 Å². The maximum Gasteiger partial charge on any atom is 0.230 e. The Hall–Kier alpha value is -2.54. The molecule has 25 heavy (non-hydrogen) atoms. The summed E-state index contributed by atoms with van der Waals surface area (Å²) in [6.45, 7) is 1.65. The molecule has 0 unspecified atom stereocenters. The maximum atomic E-state index is 14.2. The zero-order valence-electron chi connectivity index (χ0n) is 14.4. The molecule has 2 N–H and O–H groups in total. The smallest absolute Gasteiger partial charge is 0.230 e. The fourth-order valence-corrected chi connectivity index (χ4v) is 2.86. The molecule has 3 rings (SSSR count). The number of hydrogen-bond donors (Lipinski definition) is 2. The van der Waals surface area contributed by atoms with Crippen LogP contribution in [0.25, 0.3) is 11.3 Å². The van der Waals surface area contributed by atoms with E-state index < -0.39 is 5.82 Å². The van der Waals surface area contributed by atoms with E-state index in [0.29, 0.717) is 5.56 Å². The van der Waals surface area contributed by atoms with E-state index >= 15 is 0 Å². The minimum Gasteiger partial charge on any atom is -0.378 e. The molecular formula is C18H22FN5O. The minimum absolute atomic E-state index is 0.0598. The van der Waals surface area contributed by atoms with Gasteiger partial charge >= 0.3 is 0 Å². The number of aromatic nitrogens is 2. The minimum atomic E-state index is -0.518. The number of nitrogens with zero attached hydrogens (tertiary/aromatic N) is 3. The fraction of sp³-hybridized carbons (Fsp3) is 0.389. The highest BCUT2D eigenvalue weighted by Gasteiger charge is 2.22. The van der Waals surface area contributed by atoms with E-state index in [9.17, 15) is 9.18 Å². The lowest BCUT2D eigenvalue weighted by Gasteiger charge is -2.21. The standard InChI is InChI=1S/C18H22FN5O/c1-24(2)14-5-3-4-13(10-14)16-15(19)11-21-18(22-16)23-17(25)12-6-8-20-9-7-12/h3-5,10-12,20H,6-9H2,1-2H3,(H,21,22,23,25). The predicted octanol–water partition coefficient (Wildman–Crippen LogP) is 2.29. The van der Waals surface area contributed by atoms with Crippen molar-refractivity contribution in [3.05, 3.63) is 36.3 Å². The van der Waals surface area contributed by atoms with E-state index in [-0.39, 0.29) is 23.5 Å². The highest BCUT2D eigenvalue weighted by molar-refractivity contribution is 5.91. The first-order valence-corrected chi connectivity index (χ1v) is 8.36. The molecule has 0 aliphatic carbocycles. The van der Waals surface area contributed by atoms with Crippen molar-refractivity contribution in [3.63, 3.8) is 0 Å². The SMILES string of the molecule is CN(C)c1cccc(-c2nc(NC(=O)C3CCNCC3)ncc2F)c1. The van der Waals surface area contributed by atoms with Gasteiger partial charge in [-0.15, -0.1) is 0 Å². The van der Waals surface area contributed by atoms with Crippen LogP contribution in [0.3, 0.4) is 0 Å². The van der Waals surface area contributed by atoms with Gasteiger partial charge in [0.1, 0.15) is 5.69 Å². The molecule has 2 heterocycles. The second-order valence-electron chi connectivity index (χ2n) is 6.35. The van der Waals surface area contributed by atoms with Crippen molar-refractivity contribution in [2.75, 3.05) is 37.4 Å². The lowest BCUT2D eigenvalue weighted by molar-refractivity contribution is -0.120. The van der Waals surface area contributed by atoms with Crippen LogP contribution in [0.1, 0.15) is 12.8 Å². The molecule has 1 aliphatic heterocycles. The third kappa shape index (κ3) is 4.11. The summed E-state index contributed by atoms with van der Waals surface area (Å²) in [5.74, 6) is -0.553. The van der Waals surface area contributed by atoms with E-state index in [1.807, 2.05) is 37.2 Å². The molecule has 0 bridgehead atoms. The number of halogens is 1. The number of rotatable bonds is 4. The van der Waals surface area contributed by atoms with Crippen LogP contribution in [-0.4, -0.2) is 43.1 Å². The molecule has 6 nitrogen and oxygen atoms in total. The molecule has 0 radical (unpaired) electrons. The summed E-state index contributed by atoms with van der Waals surface area (Å²) in [5.41, 5.74) is 1.76. The quantitative estimate of drug-likeness (QED) is 0.891. The maximum absolute atomic E-state index is 14.2. The number of amides is 1. The van der Waals surface area contributed by atoms with Crippen LogP contribution in [0.2, 0.25) is 0 Å². The molecule has 1 aliphatic rings. The van der Waals surface area contributed by atoms with Gasteiger partial charge in [0.15, 0.2) is 5.82 Å². The van der Waals surface area contributed by atoms with Crippen LogP contribution in [0.15, 0.2) is 30.5 Å². The van der Waals surface area contributed by atoms with Gasteiger partial charge in [-0.25, -0.2) is 14.4 Å². The Labute approximate surface area is 146 Å². The highest BCUT2D eigenvalue weighted by Crippen LogP contribution is 2.25. The number of carbonyl (C=O) groups excluding carboxylic acids is 1. The summed E-state index contributed by atoms with van der Waals surface area (Å²) in [6.07, 6.45) is 2.66. The van der Waals surface area contributed by atoms with Gasteiger partial charge in [0, 0.05) is 31.3 Å². The molecule has 0 spiro atoms. The number of nitrogens with one attached hydrogen (secondary N) is 2. The normalized spacial score (nSPS) is 15.0. The summed E-state index contributed by atoms with van der Waals surface area (Å²) in [7, 11) is 3.83. The zero-order chi connectivity index (χ0) is 17.8. The summed E-state index contributed by atoms with van der Waals surface area (Å²) < 4.78 is 14.2. The van der Waals surface area contributed by atoms with Crippen LogP contribution in [0.5, 0.6) is 0 Å². The van der Waals surface area contributed by atoms with Crippen molar-refractivity contribution >= 4 is 17.5 Å². The Morgan fingerprint density at radius 1 is 1.32 bits per heavy atom. The van der Waals surface area contributed by atoms with Crippen LogP contribution in [0.4, 0.5) is 16.0 Å². The predicted molar refractivity (Wildman–Crippen MR) is 96.0 cm³/mol. The zero-order valence-corrected chi connectivity index (χ0v) is 14.4. The Balaban J connectivity index is 1.83. The summed E-state index contributed by atoms with van der Waals surface area (Å²) in [6, 6.07) is 7.42. The van der Waals surface area contributed by atoms with Gasteiger partial charge in [-0.2, -0.15) is 0 Å². The molecule has 7 heteroatoms. The molecular weight excluding hydrogens is 321 g/mol. The largest absolute Gasteiger partial charge is 0.378 e. The monoisotopic (exact) mass is 343 g/mol. The highest BCUT2D eigenvalue weighted by atomic mass is 19.1. The fourth-order valence-electron chi connectivity index (χ4n) is 2.86. The second kappa shape index (κ2) is 7.57. The lowest BCUT2D eigenvalue weighted by atomic mass is 9.97. The van der Waals surface area contributed by atoms with Gasteiger partial charge in [0.25, 0.3) is 0 Å². The first-order valence-electron chi connectivity index (χ1n) is 8.36. The molecule has 1 aromatic heterocycles. The summed E-state index contributed by atoms with van der Waals surface area (Å²) in [4.78, 5) is 22.4. The van der Waals surface area contributed by atoms with Crippen molar-refractivity contribution in [1.29, 1.82) is 0 Å². The van der Waals surface area contributed by atoms with Crippen LogP contribution in [0, 0.1) is 11.7 Å². The van der Waals surface area contributed by atoms with Crippen LogP contribution >= 0.6 is 0 Å². The Morgan fingerprint density at radius 2 is 2.08 bits per heavy atom. The van der Waals surface area contributed by atoms with E-state index in [0.717, 1.165) is 37.8 Å². The first-order chi connectivity index (χ1) is 12.0. The average molecular weight is 343 g/mol. The number of piperidine rings is 1. The third-order valence-corrected chi connectivity index (χ3v) is 4.33. The van der Waals surface area contributed by atoms with Gasteiger partial charge < -0.3 is 10.2 Å². The van der Waals surface area contributed by atoms with Crippen LogP contribution < -0.4 is 15.5 Å². The van der Waals surface area contributed by atoms with Gasteiger partial charge in [0.05, 0.1) is 6.20 Å². The molecule has 1 aromatic carbocycles. The van der Waals surface area contributed by atoms with Crippen molar-refractivity contribution in [2.24, 2.45) is 5.92 Å². The van der Waals surface area contributed by atoms with E-state index in [1.165, 1.54) is 0 Å². The molecule has 1 saturated heterocycles. The molecule has 1 fully saturated rings. The Kier molecular flexibility index (Phi) is 5.23. The van der Waals surface area contributed by atoms with Crippen molar-refractivity contribution < 1.29 is 9.18 Å². The van der Waals surface area contributed by atoms with Crippen molar-refractivity contribution in [2.45, 2.75) is 12.8 Å². The molecule has 2 aromatic rings. The lowest BCUT2D eigenvalue weighted by Crippen LogP contribution is -2.35. The number of carbonyl (C=O) groups is 1. The van der Waals surface area contributed by atoms with Gasteiger partial charge in [0.2, 0.25) is 11.9 Å². The van der Waals surface area contributed by atoms with Crippen LogP contribution in [-0.2, 0) is 4.79 Å². The molecule has 1 amide bonds. The van der Waals surface area contributed by atoms with Crippen molar-refractivity contribution in [3.8, 4) is 11.3 Å². The second-order valence-corrected chi connectivity index (χ2v) is 6.35. The van der Waals surface area contributed by atoms with E-state index in [1.54, 1.807) is 6.07 Å². The molecule has 0 saturated carbocycles. The number of hydrogen-bond acceptors (Lipinski definition) is 5. The molecule has 0 atom stereocenters. The third-order valence-electron chi connectivity index (χ3n) is 4.33. The van der Waals surface area contributed by atoms with E-state index in [4.69, 9.17) is 0 Å². The summed E-state index contributed by atoms with van der Waals surface area (Å²) >= 11 is 0. The molecule has 132 valence electrons. The van der Waals surface area contributed by atoms with E-state index in [2.05, 4.69) is 20.6 Å². The Bertz CT molecular complexity index is 759. The number of benzene rings is 1. The summed E-state index contributed by atoms with van der Waals surface area (Å²) in [5, 5.41) is 5.94.